The first-order valence-corrected chi connectivity index (χ1v) is 8.46. The molecule has 2 saturated heterocycles. The van der Waals surface area contributed by atoms with Gasteiger partial charge in [-0.2, -0.15) is 0 Å². The Balaban J connectivity index is 2.07. The first-order chi connectivity index (χ1) is 12.2. The van der Waals surface area contributed by atoms with Gasteiger partial charge in [0, 0.05) is 13.5 Å². The zero-order chi connectivity index (χ0) is 19.6. The lowest BCUT2D eigenvalue weighted by atomic mass is 9.97. The van der Waals surface area contributed by atoms with Crippen LogP contribution < -0.4 is 5.32 Å². The van der Waals surface area contributed by atoms with Crippen molar-refractivity contribution in [2.24, 2.45) is 0 Å². The van der Waals surface area contributed by atoms with Gasteiger partial charge in [-0.25, -0.2) is 0 Å². The number of ether oxygens (including phenoxy) is 3. The zero-order valence-corrected chi connectivity index (χ0v) is 14.5. The fourth-order valence-electron chi connectivity index (χ4n) is 2.94. The largest absolute Gasteiger partial charge is 0.388 e. The van der Waals surface area contributed by atoms with Crippen LogP contribution in [0.5, 0.6) is 0 Å². The number of rotatable bonds is 5. The van der Waals surface area contributed by atoms with Crippen LogP contribution in [-0.4, -0.2) is 105 Å². The molecule has 2 aliphatic rings. The van der Waals surface area contributed by atoms with E-state index in [1.54, 1.807) is 6.92 Å². The molecule has 2 rings (SSSR count). The monoisotopic (exact) mass is 381 g/mol. The molecule has 11 nitrogen and oxygen atoms in total. The van der Waals surface area contributed by atoms with Gasteiger partial charge in [-0.05, 0) is 6.42 Å². The van der Waals surface area contributed by atoms with Crippen molar-refractivity contribution in [3.63, 3.8) is 0 Å². The summed E-state index contributed by atoms with van der Waals surface area (Å²) in [6.45, 7) is 2.82. The molecule has 1 amide bonds. The third-order valence-corrected chi connectivity index (χ3v) is 4.56. The van der Waals surface area contributed by atoms with E-state index in [1.807, 2.05) is 0 Å². The number of aliphatic hydroxyl groups excluding tert-OH is 6. The molecule has 152 valence electrons. The minimum atomic E-state index is -1.67. The summed E-state index contributed by atoms with van der Waals surface area (Å²) >= 11 is 0. The molecule has 11 heteroatoms. The number of hydrogen-bond acceptors (Lipinski definition) is 10. The van der Waals surface area contributed by atoms with Gasteiger partial charge >= 0.3 is 0 Å². The highest BCUT2D eigenvalue weighted by atomic mass is 16.8. The van der Waals surface area contributed by atoms with Crippen LogP contribution in [0.3, 0.4) is 0 Å². The second-order valence-corrected chi connectivity index (χ2v) is 6.51. The Kier molecular flexibility index (Phi) is 7.30. The van der Waals surface area contributed by atoms with Crippen LogP contribution in [0.4, 0.5) is 0 Å². The molecule has 0 saturated carbocycles. The summed E-state index contributed by atoms with van der Waals surface area (Å²) in [4.78, 5) is 11.0. The standard InChI is InChI=1S/C15H27NO10/c1-3-6-8(18)10(20)12(22)14(24-6)26-15-13(23)11(21)9(19)7(25-15)4-16-5(2)17/h6-15,18-23H,3-4H2,1-2H3,(H,16,17)/t6?,7?,8-,9-,10?,11+,12-,13?,14-,15-/m1/s1. The van der Waals surface area contributed by atoms with Crippen molar-refractivity contribution in [2.75, 3.05) is 6.54 Å². The van der Waals surface area contributed by atoms with E-state index in [0.717, 1.165) is 0 Å². The SMILES string of the molecule is CCC1O[C@H](O[C@H]2OC(CNC(C)=O)[C@@H](O)[C@H](O)C2O)[C@H](O)C(O)[C@@H]1O. The fourth-order valence-corrected chi connectivity index (χ4v) is 2.94. The summed E-state index contributed by atoms with van der Waals surface area (Å²) in [6, 6.07) is 0. The highest BCUT2D eigenvalue weighted by Crippen LogP contribution is 2.28. The van der Waals surface area contributed by atoms with Gasteiger partial charge in [-0.15, -0.1) is 0 Å². The number of hydrogen-bond donors (Lipinski definition) is 7. The van der Waals surface area contributed by atoms with E-state index in [-0.39, 0.29) is 12.5 Å². The Morgan fingerprint density at radius 1 is 0.846 bits per heavy atom. The van der Waals surface area contributed by atoms with Crippen molar-refractivity contribution in [1.29, 1.82) is 0 Å². The van der Waals surface area contributed by atoms with E-state index in [4.69, 9.17) is 14.2 Å². The van der Waals surface area contributed by atoms with Crippen molar-refractivity contribution in [3.8, 4) is 0 Å². The molecule has 0 aromatic rings. The smallest absolute Gasteiger partial charge is 0.216 e. The molecule has 10 atom stereocenters. The highest BCUT2D eigenvalue weighted by Gasteiger charge is 2.49. The maximum atomic E-state index is 11.0. The molecule has 0 aromatic carbocycles. The van der Waals surface area contributed by atoms with Crippen molar-refractivity contribution in [3.05, 3.63) is 0 Å². The third kappa shape index (κ3) is 4.50. The quantitative estimate of drug-likeness (QED) is 0.249. The van der Waals surface area contributed by atoms with Crippen molar-refractivity contribution in [2.45, 2.75) is 81.7 Å². The van der Waals surface area contributed by atoms with E-state index in [9.17, 15) is 35.4 Å². The minimum absolute atomic E-state index is 0.146. The summed E-state index contributed by atoms with van der Waals surface area (Å²) in [5, 5.41) is 62.2. The Hall–Kier alpha value is -0.890. The van der Waals surface area contributed by atoms with Gasteiger partial charge in [-0.3, -0.25) is 4.79 Å². The number of aliphatic hydroxyl groups is 6. The van der Waals surface area contributed by atoms with Crippen LogP contribution in [0, 0.1) is 0 Å². The van der Waals surface area contributed by atoms with Gasteiger partial charge in [0.25, 0.3) is 0 Å². The Bertz CT molecular complexity index is 477. The van der Waals surface area contributed by atoms with Gasteiger partial charge in [0.05, 0.1) is 6.10 Å². The third-order valence-electron chi connectivity index (χ3n) is 4.56. The Labute approximate surface area is 150 Å². The van der Waals surface area contributed by atoms with Gasteiger partial charge in [0.2, 0.25) is 5.91 Å². The van der Waals surface area contributed by atoms with Crippen molar-refractivity contribution < 1.29 is 49.6 Å². The lowest BCUT2D eigenvalue weighted by Crippen LogP contribution is -2.64. The maximum Gasteiger partial charge on any atom is 0.216 e. The van der Waals surface area contributed by atoms with Crippen LogP contribution in [0.15, 0.2) is 0 Å². The van der Waals surface area contributed by atoms with Gasteiger partial charge in [0.1, 0.15) is 42.7 Å². The predicted octanol–water partition coefficient (Wildman–Crippen LogP) is -3.84. The highest BCUT2D eigenvalue weighted by molar-refractivity contribution is 5.72. The average Bonchev–Trinajstić information content (AvgIpc) is 2.61. The van der Waals surface area contributed by atoms with Gasteiger partial charge in [-0.1, -0.05) is 6.92 Å². The van der Waals surface area contributed by atoms with Crippen LogP contribution >= 0.6 is 0 Å². The molecule has 0 aliphatic carbocycles. The number of nitrogens with one attached hydrogen (secondary N) is 1. The topological polar surface area (TPSA) is 178 Å². The molecular weight excluding hydrogens is 354 g/mol. The fraction of sp³-hybridized carbons (Fsp3) is 0.933. The predicted molar refractivity (Wildman–Crippen MR) is 83.4 cm³/mol. The molecule has 7 N–H and O–H groups in total. The summed E-state index contributed by atoms with van der Waals surface area (Å²) < 4.78 is 16.1. The summed E-state index contributed by atoms with van der Waals surface area (Å²) in [5.41, 5.74) is 0. The average molecular weight is 381 g/mol. The summed E-state index contributed by atoms with van der Waals surface area (Å²) in [7, 11) is 0. The van der Waals surface area contributed by atoms with Crippen molar-refractivity contribution >= 4 is 5.91 Å². The first kappa shape index (κ1) is 21.4. The summed E-state index contributed by atoms with van der Waals surface area (Å²) in [5.74, 6) is -0.382. The zero-order valence-electron chi connectivity index (χ0n) is 14.5. The lowest BCUT2D eigenvalue weighted by molar-refractivity contribution is -0.373. The Morgan fingerprint density at radius 2 is 1.31 bits per heavy atom. The molecule has 0 spiro atoms. The van der Waals surface area contributed by atoms with Gasteiger partial charge in [0.15, 0.2) is 12.6 Å². The number of amides is 1. The lowest BCUT2D eigenvalue weighted by Gasteiger charge is -2.45. The van der Waals surface area contributed by atoms with E-state index < -0.39 is 61.4 Å². The van der Waals surface area contributed by atoms with E-state index in [0.29, 0.717) is 6.42 Å². The van der Waals surface area contributed by atoms with E-state index >= 15 is 0 Å². The van der Waals surface area contributed by atoms with Crippen LogP contribution in [0.2, 0.25) is 0 Å². The second-order valence-electron chi connectivity index (χ2n) is 6.51. The van der Waals surface area contributed by atoms with Crippen molar-refractivity contribution in [1.82, 2.24) is 5.32 Å². The Morgan fingerprint density at radius 3 is 1.77 bits per heavy atom. The summed E-state index contributed by atoms with van der Waals surface area (Å²) in [6.07, 6.45) is -13.8. The molecule has 2 aliphatic heterocycles. The number of carbonyl (C=O) groups excluding carboxylic acids is 1. The molecule has 2 fully saturated rings. The van der Waals surface area contributed by atoms with Crippen LogP contribution in [0.25, 0.3) is 0 Å². The molecule has 0 aromatic heterocycles. The van der Waals surface area contributed by atoms with E-state index in [1.165, 1.54) is 6.92 Å². The molecule has 26 heavy (non-hydrogen) atoms. The minimum Gasteiger partial charge on any atom is -0.388 e. The second kappa shape index (κ2) is 8.87. The molecule has 0 radical (unpaired) electrons. The van der Waals surface area contributed by atoms with Gasteiger partial charge < -0.3 is 50.2 Å². The first-order valence-electron chi connectivity index (χ1n) is 8.46. The molecule has 2 heterocycles. The molecule has 0 bridgehead atoms. The van der Waals surface area contributed by atoms with E-state index in [2.05, 4.69) is 5.32 Å². The van der Waals surface area contributed by atoms with Crippen LogP contribution in [-0.2, 0) is 19.0 Å². The molecule has 4 unspecified atom stereocenters. The normalized spacial score (nSPS) is 46.8. The van der Waals surface area contributed by atoms with Crippen LogP contribution in [0.1, 0.15) is 20.3 Å². The number of carbonyl (C=O) groups is 1. The maximum absolute atomic E-state index is 11.0. The molecular formula is C15H27NO10.